The van der Waals surface area contributed by atoms with Crippen LogP contribution in [0.15, 0.2) is 22.5 Å². The van der Waals surface area contributed by atoms with Gasteiger partial charge in [0.25, 0.3) is 10.0 Å². The number of sulfonamides is 1. The Hall–Kier alpha value is -1.49. The number of thiophene rings is 1. The van der Waals surface area contributed by atoms with Crippen LogP contribution < -0.4 is 0 Å². The van der Waals surface area contributed by atoms with Gasteiger partial charge in [0.15, 0.2) is 0 Å². The van der Waals surface area contributed by atoms with E-state index in [1.54, 1.807) is 21.8 Å². The molecule has 1 amide bonds. The maximum Gasteiger partial charge on any atom is 0.252 e. The molecule has 2 aromatic heterocycles. The van der Waals surface area contributed by atoms with E-state index in [4.69, 9.17) is 11.6 Å². The molecule has 2 aliphatic rings. The van der Waals surface area contributed by atoms with Gasteiger partial charge in [-0.15, -0.1) is 16.4 Å². The zero-order valence-electron chi connectivity index (χ0n) is 13.2. The van der Waals surface area contributed by atoms with Crippen molar-refractivity contribution >= 4 is 38.9 Å². The van der Waals surface area contributed by atoms with E-state index in [2.05, 4.69) is 10.3 Å². The van der Waals surface area contributed by atoms with Gasteiger partial charge >= 0.3 is 0 Å². The second kappa shape index (κ2) is 6.35. The average molecular weight is 402 g/mol. The highest BCUT2D eigenvalue weighted by Crippen LogP contribution is 2.33. The van der Waals surface area contributed by atoms with E-state index in [0.717, 1.165) is 30.0 Å². The average Bonchev–Trinajstić information content (AvgIpc) is 3.22. The highest BCUT2D eigenvalue weighted by Gasteiger charge is 2.39. The van der Waals surface area contributed by atoms with Gasteiger partial charge in [-0.1, -0.05) is 16.8 Å². The summed E-state index contributed by atoms with van der Waals surface area (Å²) in [6.07, 6.45) is 3.27. The quantitative estimate of drug-likeness (QED) is 0.754. The van der Waals surface area contributed by atoms with Crippen molar-refractivity contribution in [3.05, 3.63) is 28.4 Å². The lowest BCUT2D eigenvalue weighted by Crippen LogP contribution is -2.50. The summed E-state index contributed by atoms with van der Waals surface area (Å²) in [5, 5.41) is 8.19. The Labute approximate surface area is 154 Å². The highest BCUT2D eigenvalue weighted by atomic mass is 35.5. The van der Waals surface area contributed by atoms with Crippen molar-refractivity contribution in [2.45, 2.75) is 29.6 Å². The van der Waals surface area contributed by atoms with Gasteiger partial charge in [-0.25, -0.2) is 13.1 Å². The molecular weight excluding hydrogens is 386 g/mol. The number of rotatable bonds is 5. The van der Waals surface area contributed by atoms with Gasteiger partial charge in [-0.3, -0.25) is 4.79 Å². The Balaban J connectivity index is 1.38. The maximum absolute atomic E-state index is 12.5. The summed E-state index contributed by atoms with van der Waals surface area (Å²) in [4.78, 5) is 13.4. The molecule has 0 unspecified atom stereocenters. The number of carbonyl (C=O) groups is 1. The van der Waals surface area contributed by atoms with Crippen molar-refractivity contribution in [2.75, 3.05) is 19.6 Å². The van der Waals surface area contributed by atoms with E-state index >= 15 is 0 Å². The van der Waals surface area contributed by atoms with Crippen LogP contribution in [0.3, 0.4) is 0 Å². The molecule has 0 bridgehead atoms. The third-order valence-electron chi connectivity index (χ3n) is 4.43. The van der Waals surface area contributed by atoms with Crippen molar-refractivity contribution in [2.24, 2.45) is 0 Å². The summed E-state index contributed by atoms with van der Waals surface area (Å²) >= 11 is 6.88. The first-order chi connectivity index (χ1) is 11.9. The molecule has 4 rings (SSSR count). The summed E-state index contributed by atoms with van der Waals surface area (Å²) in [6, 6.07) is 3.07. The van der Waals surface area contributed by atoms with E-state index in [-0.39, 0.29) is 16.2 Å². The molecule has 11 heteroatoms. The smallest absolute Gasteiger partial charge is 0.252 e. The summed E-state index contributed by atoms with van der Waals surface area (Å²) in [5.41, 5.74) is 0.724. The number of likely N-dealkylation sites (tertiary alicyclic amines) is 1. The second-order valence-corrected chi connectivity index (χ2v) is 10.0. The van der Waals surface area contributed by atoms with Crippen LogP contribution in [0.5, 0.6) is 0 Å². The molecule has 0 N–H and O–H groups in total. The number of amides is 1. The zero-order chi connectivity index (χ0) is 17.6. The lowest BCUT2D eigenvalue weighted by Gasteiger charge is -2.37. The molecule has 134 valence electrons. The third kappa shape index (κ3) is 3.19. The number of nitrogens with zero attached hydrogens (tertiary/aromatic N) is 5. The van der Waals surface area contributed by atoms with Gasteiger partial charge in [0.2, 0.25) is 5.91 Å². The van der Waals surface area contributed by atoms with Crippen molar-refractivity contribution in [1.82, 2.24) is 24.2 Å². The van der Waals surface area contributed by atoms with Gasteiger partial charge in [-0.2, -0.15) is 4.31 Å². The van der Waals surface area contributed by atoms with Gasteiger partial charge in [0.05, 0.1) is 23.1 Å². The highest BCUT2D eigenvalue weighted by molar-refractivity contribution is 7.91. The fraction of sp³-hybridized carbons (Fsp3) is 0.500. The molecule has 8 nitrogen and oxygen atoms in total. The largest absolute Gasteiger partial charge is 0.337 e. The summed E-state index contributed by atoms with van der Waals surface area (Å²) in [5.74, 6) is 0.144. The minimum atomic E-state index is -3.49. The Morgan fingerprint density at radius 2 is 2.12 bits per heavy atom. The first-order valence-corrected chi connectivity index (χ1v) is 10.5. The lowest BCUT2D eigenvalue weighted by atomic mass is 10.2. The van der Waals surface area contributed by atoms with Crippen LogP contribution >= 0.6 is 22.9 Å². The predicted octanol–water partition coefficient (Wildman–Crippen LogP) is 1.36. The number of carbonyl (C=O) groups excluding carboxylic acids is 1. The van der Waals surface area contributed by atoms with Gasteiger partial charge in [0, 0.05) is 26.1 Å². The first kappa shape index (κ1) is 17.0. The van der Waals surface area contributed by atoms with Crippen LogP contribution in [-0.4, -0.2) is 58.2 Å². The maximum atomic E-state index is 12.5. The Morgan fingerprint density at radius 3 is 2.76 bits per heavy atom. The standard InChI is InChI=1S/C14H16ClN5O3S2/c15-12-3-4-14(24-12)25(22,23)19-8-11(9-19)20-7-10(16-17-20)6-18-5-1-2-13(18)21/h3-4,7,11H,1-2,5-6,8-9H2. The Kier molecular flexibility index (Phi) is 4.30. The molecule has 4 heterocycles. The Bertz CT molecular complexity index is 903. The van der Waals surface area contributed by atoms with E-state index in [1.807, 2.05) is 0 Å². The third-order valence-corrected chi connectivity index (χ3v) is 7.96. The topological polar surface area (TPSA) is 88.4 Å². The fourth-order valence-electron chi connectivity index (χ4n) is 2.97. The van der Waals surface area contributed by atoms with Crippen LogP contribution in [0.4, 0.5) is 0 Å². The SMILES string of the molecule is O=C1CCCN1Cc1cn(C2CN(S(=O)(=O)c3ccc(Cl)s3)C2)nn1. The summed E-state index contributed by atoms with van der Waals surface area (Å²) in [7, 11) is -3.49. The summed E-state index contributed by atoms with van der Waals surface area (Å²) in [6.45, 7) is 1.92. The molecule has 2 aliphatic heterocycles. The van der Waals surface area contributed by atoms with Crippen molar-refractivity contribution in [3.63, 3.8) is 0 Å². The second-order valence-electron chi connectivity index (χ2n) is 6.14. The number of hydrogen-bond acceptors (Lipinski definition) is 6. The zero-order valence-corrected chi connectivity index (χ0v) is 15.6. The Morgan fingerprint density at radius 1 is 1.32 bits per heavy atom. The first-order valence-electron chi connectivity index (χ1n) is 7.87. The van der Waals surface area contributed by atoms with Crippen LogP contribution in [0.1, 0.15) is 24.6 Å². The van der Waals surface area contributed by atoms with Crippen molar-refractivity contribution in [3.8, 4) is 0 Å². The molecule has 25 heavy (non-hydrogen) atoms. The lowest BCUT2D eigenvalue weighted by molar-refractivity contribution is -0.128. The molecule has 0 atom stereocenters. The number of hydrogen-bond donors (Lipinski definition) is 0. The van der Waals surface area contributed by atoms with Gasteiger partial charge in [0.1, 0.15) is 9.90 Å². The van der Waals surface area contributed by atoms with E-state index in [9.17, 15) is 13.2 Å². The van der Waals surface area contributed by atoms with Crippen molar-refractivity contribution < 1.29 is 13.2 Å². The molecule has 0 spiro atoms. The van der Waals surface area contributed by atoms with Gasteiger partial charge in [-0.05, 0) is 18.6 Å². The molecule has 2 saturated heterocycles. The number of halogens is 1. The monoisotopic (exact) mass is 401 g/mol. The van der Waals surface area contributed by atoms with E-state index < -0.39 is 10.0 Å². The molecule has 0 saturated carbocycles. The van der Waals surface area contributed by atoms with Crippen molar-refractivity contribution in [1.29, 1.82) is 0 Å². The summed E-state index contributed by atoms with van der Waals surface area (Å²) < 4.78 is 28.7. The van der Waals surface area contributed by atoms with Crippen LogP contribution in [-0.2, 0) is 21.4 Å². The van der Waals surface area contributed by atoms with Crippen LogP contribution in [0.25, 0.3) is 0 Å². The fourth-order valence-corrected chi connectivity index (χ4v) is 6.13. The van der Waals surface area contributed by atoms with Gasteiger partial charge < -0.3 is 4.90 Å². The predicted molar refractivity (Wildman–Crippen MR) is 91.8 cm³/mol. The molecule has 0 radical (unpaired) electrons. The van der Waals surface area contributed by atoms with Crippen LogP contribution in [0.2, 0.25) is 4.34 Å². The number of aromatic nitrogens is 3. The minimum absolute atomic E-state index is 0.0410. The normalized spacial score (nSPS) is 19.6. The van der Waals surface area contributed by atoms with E-state index in [1.165, 1.54) is 10.4 Å². The molecule has 0 aliphatic carbocycles. The van der Waals surface area contributed by atoms with E-state index in [0.29, 0.717) is 30.4 Å². The molecule has 2 aromatic rings. The molecule has 2 fully saturated rings. The molecule has 0 aromatic carbocycles. The minimum Gasteiger partial charge on any atom is -0.337 e. The molecular formula is C14H16ClN5O3S2. The van der Waals surface area contributed by atoms with Crippen LogP contribution in [0, 0.1) is 0 Å².